The van der Waals surface area contributed by atoms with Crippen molar-refractivity contribution in [1.82, 2.24) is 9.80 Å². The molecule has 0 aliphatic rings. The van der Waals surface area contributed by atoms with Crippen LogP contribution in [0.25, 0.3) is 5.76 Å². The SMILES string of the molecule is C=C(OCCC)c1ccc(CN(C)CCN(C)C)cc1. The summed E-state index contributed by atoms with van der Waals surface area (Å²) in [5, 5.41) is 0. The summed E-state index contributed by atoms with van der Waals surface area (Å²) in [6.45, 7) is 9.91. The van der Waals surface area contributed by atoms with E-state index in [1.54, 1.807) is 0 Å². The van der Waals surface area contributed by atoms with Gasteiger partial charge in [0.2, 0.25) is 0 Å². The normalized spacial score (nSPS) is 11.1. The van der Waals surface area contributed by atoms with Crippen LogP contribution in [0.4, 0.5) is 0 Å². The Morgan fingerprint density at radius 2 is 1.75 bits per heavy atom. The fourth-order valence-corrected chi connectivity index (χ4v) is 1.87. The van der Waals surface area contributed by atoms with Gasteiger partial charge in [0.25, 0.3) is 0 Å². The molecule has 0 atom stereocenters. The van der Waals surface area contributed by atoms with E-state index >= 15 is 0 Å². The van der Waals surface area contributed by atoms with Gasteiger partial charge in [0.05, 0.1) is 6.61 Å². The minimum Gasteiger partial charge on any atom is -0.494 e. The molecule has 0 amide bonds. The quantitative estimate of drug-likeness (QED) is 0.645. The van der Waals surface area contributed by atoms with Crippen LogP contribution in [-0.4, -0.2) is 50.6 Å². The summed E-state index contributed by atoms with van der Waals surface area (Å²) in [5.74, 6) is 0.763. The summed E-state index contributed by atoms with van der Waals surface area (Å²) in [5.41, 5.74) is 2.39. The minimum atomic E-state index is 0.730. The van der Waals surface area contributed by atoms with Crippen LogP contribution >= 0.6 is 0 Å². The molecule has 0 aromatic heterocycles. The van der Waals surface area contributed by atoms with Gasteiger partial charge < -0.3 is 14.5 Å². The van der Waals surface area contributed by atoms with Crippen molar-refractivity contribution in [3.63, 3.8) is 0 Å². The second-order valence-electron chi connectivity index (χ2n) is 5.51. The van der Waals surface area contributed by atoms with Gasteiger partial charge in [0, 0.05) is 25.2 Å². The molecule has 0 aliphatic carbocycles. The maximum atomic E-state index is 5.55. The Balaban J connectivity index is 2.47. The molecule has 1 aromatic carbocycles. The highest BCUT2D eigenvalue weighted by molar-refractivity contribution is 5.57. The Kier molecular flexibility index (Phi) is 7.34. The van der Waals surface area contributed by atoms with Crippen LogP contribution in [0.15, 0.2) is 30.8 Å². The fraction of sp³-hybridized carbons (Fsp3) is 0.529. The summed E-state index contributed by atoms with van der Waals surface area (Å²) in [6, 6.07) is 8.49. The van der Waals surface area contributed by atoms with E-state index in [4.69, 9.17) is 4.74 Å². The zero-order valence-electron chi connectivity index (χ0n) is 13.4. The Bertz CT molecular complexity index is 398. The van der Waals surface area contributed by atoms with Crippen molar-refractivity contribution in [3.8, 4) is 0 Å². The predicted octanol–water partition coefficient (Wildman–Crippen LogP) is 3.08. The van der Waals surface area contributed by atoms with E-state index in [1.807, 2.05) is 0 Å². The lowest BCUT2D eigenvalue weighted by atomic mass is 10.1. The highest BCUT2D eigenvalue weighted by atomic mass is 16.5. The summed E-state index contributed by atoms with van der Waals surface area (Å²) in [6.07, 6.45) is 1.01. The number of ether oxygens (including phenoxy) is 1. The van der Waals surface area contributed by atoms with Crippen molar-refractivity contribution in [2.24, 2.45) is 0 Å². The molecule has 0 spiro atoms. The third-order valence-corrected chi connectivity index (χ3v) is 3.14. The molecule has 0 saturated carbocycles. The standard InChI is InChI=1S/C17H28N2O/c1-6-13-20-15(2)17-9-7-16(8-10-17)14-19(5)12-11-18(3)4/h7-10H,2,6,11-14H2,1,3-5H3. The maximum absolute atomic E-state index is 5.55. The first-order valence-corrected chi connectivity index (χ1v) is 7.27. The van der Waals surface area contributed by atoms with Gasteiger partial charge in [-0.2, -0.15) is 0 Å². The Labute approximate surface area is 123 Å². The summed E-state index contributed by atoms with van der Waals surface area (Å²) < 4.78 is 5.55. The monoisotopic (exact) mass is 276 g/mol. The van der Waals surface area contributed by atoms with E-state index in [2.05, 4.69) is 68.7 Å². The van der Waals surface area contributed by atoms with Gasteiger partial charge in [0.15, 0.2) is 0 Å². The van der Waals surface area contributed by atoms with Gasteiger partial charge >= 0.3 is 0 Å². The fourth-order valence-electron chi connectivity index (χ4n) is 1.87. The molecule has 0 unspecified atom stereocenters. The molecule has 0 fully saturated rings. The average molecular weight is 276 g/mol. The number of hydrogen-bond acceptors (Lipinski definition) is 3. The molecule has 0 saturated heterocycles. The molecule has 3 heteroatoms. The van der Waals surface area contributed by atoms with Gasteiger partial charge in [-0.05, 0) is 33.1 Å². The maximum Gasteiger partial charge on any atom is 0.119 e. The highest BCUT2D eigenvalue weighted by Gasteiger charge is 2.03. The number of benzene rings is 1. The number of hydrogen-bond donors (Lipinski definition) is 0. The van der Waals surface area contributed by atoms with E-state index in [0.29, 0.717) is 0 Å². The molecular weight excluding hydrogens is 248 g/mol. The molecule has 3 nitrogen and oxygen atoms in total. The predicted molar refractivity (Wildman–Crippen MR) is 86.6 cm³/mol. The van der Waals surface area contributed by atoms with Crippen LogP contribution in [-0.2, 0) is 11.3 Å². The number of nitrogens with zero attached hydrogens (tertiary/aromatic N) is 2. The molecule has 0 heterocycles. The Hall–Kier alpha value is -1.32. The van der Waals surface area contributed by atoms with Gasteiger partial charge in [-0.15, -0.1) is 0 Å². The van der Waals surface area contributed by atoms with Gasteiger partial charge in [-0.1, -0.05) is 37.8 Å². The first kappa shape index (κ1) is 16.7. The van der Waals surface area contributed by atoms with Crippen molar-refractivity contribution in [2.75, 3.05) is 40.8 Å². The van der Waals surface area contributed by atoms with Crippen LogP contribution in [0.2, 0.25) is 0 Å². The van der Waals surface area contributed by atoms with E-state index in [-0.39, 0.29) is 0 Å². The molecular formula is C17H28N2O. The van der Waals surface area contributed by atoms with Crippen LogP contribution in [0.1, 0.15) is 24.5 Å². The second kappa shape index (κ2) is 8.77. The zero-order valence-corrected chi connectivity index (χ0v) is 13.4. The molecule has 0 radical (unpaired) electrons. The number of likely N-dealkylation sites (N-methyl/N-ethyl adjacent to an activating group) is 2. The van der Waals surface area contributed by atoms with Crippen molar-refractivity contribution < 1.29 is 4.74 Å². The zero-order chi connectivity index (χ0) is 15.0. The van der Waals surface area contributed by atoms with Crippen LogP contribution in [0.3, 0.4) is 0 Å². The summed E-state index contributed by atoms with van der Waals surface area (Å²) in [7, 11) is 6.36. The highest BCUT2D eigenvalue weighted by Crippen LogP contribution is 2.15. The van der Waals surface area contributed by atoms with E-state index in [0.717, 1.165) is 44.0 Å². The van der Waals surface area contributed by atoms with Crippen molar-refractivity contribution in [2.45, 2.75) is 19.9 Å². The molecule has 0 bridgehead atoms. The smallest absolute Gasteiger partial charge is 0.119 e. The van der Waals surface area contributed by atoms with Gasteiger partial charge in [0.1, 0.15) is 5.76 Å². The van der Waals surface area contributed by atoms with Crippen LogP contribution < -0.4 is 0 Å². The lowest BCUT2D eigenvalue weighted by Gasteiger charge is -2.19. The lowest BCUT2D eigenvalue weighted by molar-refractivity contribution is 0.276. The molecule has 1 rings (SSSR count). The molecule has 1 aromatic rings. The van der Waals surface area contributed by atoms with Gasteiger partial charge in [-0.25, -0.2) is 0 Å². The first-order chi connectivity index (χ1) is 9.52. The summed E-state index contributed by atoms with van der Waals surface area (Å²) in [4.78, 5) is 4.53. The van der Waals surface area contributed by atoms with Crippen molar-refractivity contribution in [1.29, 1.82) is 0 Å². The topological polar surface area (TPSA) is 15.7 Å². The van der Waals surface area contributed by atoms with Crippen LogP contribution in [0.5, 0.6) is 0 Å². The summed E-state index contributed by atoms with van der Waals surface area (Å²) >= 11 is 0. The molecule has 0 N–H and O–H groups in total. The first-order valence-electron chi connectivity index (χ1n) is 7.27. The van der Waals surface area contributed by atoms with E-state index in [1.165, 1.54) is 5.56 Å². The molecule has 112 valence electrons. The third-order valence-electron chi connectivity index (χ3n) is 3.14. The minimum absolute atomic E-state index is 0.730. The Morgan fingerprint density at radius 1 is 1.10 bits per heavy atom. The second-order valence-corrected chi connectivity index (χ2v) is 5.51. The number of rotatable bonds is 9. The van der Waals surface area contributed by atoms with Crippen molar-refractivity contribution >= 4 is 5.76 Å². The van der Waals surface area contributed by atoms with Crippen molar-refractivity contribution in [3.05, 3.63) is 42.0 Å². The average Bonchev–Trinajstić information content (AvgIpc) is 2.43. The molecule has 0 aliphatic heterocycles. The Morgan fingerprint density at radius 3 is 2.30 bits per heavy atom. The van der Waals surface area contributed by atoms with Gasteiger partial charge in [-0.3, -0.25) is 0 Å². The largest absolute Gasteiger partial charge is 0.494 e. The third kappa shape index (κ3) is 6.22. The lowest BCUT2D eigenvalue weighted by Crippen LogP contribution is -2.28. The van der Waals surface area contributed by atoms with E-state index in [9.17, 15) is 0 Å². The van der Waals surface area contributed by atoms with E-state index < -0.39 is 0 Å². The molecule has 20 heavy (non-hydrogen) atoms. The van der Waals surface area contributed by atoms with Crippen LogP contribution in [0, 0.1) is 0 Å².